The highest BCUT2D eigenvalue weighted by Gasteiger charge is 2.41. The molecule has 0 N–H and O–H groups in total. The summed E-state index contributed by atoms with van der Waals surface area (Å²) >= 11 is 0. The Hall–Kier alpha value is 0. The lowest BCUT2D eigenvalue weighted by molar-refractivity contribution is 0.0205. The van der Waals surface area contributed by atoms with Gasteiger partial charge in [-0.25, -0.2) is 0 Å². The Bertz CT molecular complexity index is 231. The standard InChI is InChI=1S/C18H36/c1-13(2)17(5,6)15-10-9-11-16(12-15)18(7,8)14(3)4/h13-16H,9-12H2,1-8H3. The Kier molecular flexibility index (Phi) is 4.95. The molecular weight excluding hydrogens is 216 g/mol. The highest BCUT2D eigenvalue weighted by Crippen LogP contribution is 2.50. The fourth-order valence-corrected chi connectivity index (χ4v) is 3.48. The lowest BCUT2D eigenvalue weighted by Gasteiger charge is -2.48. The molecule has 2 unspecified atom stereocenters. The summed E-state index contributed by atoms with van der Waals surface area (Å²) in [5, 5.41) is 0. The van der Waals surface area contributed by atoms with E-state index in [1.807, 2.05) is 0 Å². The average molecular weight is 252 g/mol. The normalized spacial score (nSPS) is 27.0. The van der Waals surface area contributed by atoms with E-state index in [4.69, 9.17) is 0 Å². The third kappa shape index (κ3) is 3.11. The Labute approximate surface area is 116 Å². The van der Waals surface area contributed by atoms with Gasteiger partial charge in [0.25, 0.3) is 0 Å². The van der Waals surface area contributed by atoms with Crippen LogP contribution in [0.3, 0.4) is 0 Å². The largest absolute Gasteiger partial charge is 0.0623 e. The Balaban J connectivity index is 2.79. The lowest BCUT2D eigenvalue weighted by atomic mass is 9.57. The lowest BCUT2D eigenvalue weighted by Crippen LogP contribution is -2.39. The van der Waals surface area contributed by atoms with Crippen molar-refractivity contribution in [3.8, 4) is 0 Å². The predicted molar refractivity (Wildman–Crippen MR) is 82.7 cm³/mol. The molecule has 0 radical (unpaired) electrons. The minimum Gasteiger partial charge on any atom is -0.0623 e. The molecule has 0 heterocycles. The van der Waals surface area contributed by atoms with Gasteiger partial charge >= 0.3 is 0 Å². The molecule has 0 bridgehead atoms. The SMILES string of the molecule is CC(C)C(C)(C)C1CCCC(C(C)(C)C(C)C)C1. The maximum Gasteiger partial charge on any atom is -0.0303 e. The average Bonchev–Trinajstić information content (AvgIpc) is 2.28. The zero-order valence-corrected chi connectivity index (χ0v) is 14.1. The molecule has 0 aromatic heterocycles. The Morgan fingerprint density at radius 3 is 1.33 bits per heavy atom. The van der Waals surface area contributed by atoms with Gasteiger partial charge in [0.05, 0.1) is 0 Å². The van der Waals surface area contributed by atoms with Gasteiger partial charge in [-0.3, -0.25) is 0 Å². The van der Waals surface area contributed by atoms with Crippen LogP contribution in [0, 0.1) is 34.5 Å². The van der Waals surface area contributed by atoms with Crippen molar-refractivity contribution in [2.24, 2.45) is 34.5 Å². The fourth-order valence-electron chi connectivity index (χ4n) is 3.48. The van der Waals surface area contributed by atoms with Crippen LogP contribution >= 0.6 is 0 Å². The molecule has 0 nitrogen and oxygen atoms in total. The van der Waals surface area contributed by atoms with Crippen molar-refractivity contribution in [1.82, 2.24) is 0 Å². The molecule has 1 rings (SSSR count). The Morgan fingerprint density at radius 2 is 1.06 bits per heavy atom. The second-order valence-electron chi connectivity index (χ2n) is 8.51. The van der Waals surface area contributed by atoms with E-state index in [0.29, 0.717) is 10.8 Å². The smallest absolute Gasteiger partial charge is 0.0303 e. The van der Waals surface area contributed by atoms with Crippen molar-refractivity contribution in [2.45, 2.75) is 81.1 Å². The van der Waals surface area contributed by atoms with Crippen molar-refractivity contribution in [3.05, 3.63) is 0 Å². The molecule has 1 saturated carbocycles. The molecule has 1 aliphatic carbocycles. The summed E-state index contributed by atoms with van der Waals surface area (Å²) in [5.74, 6) is 3.44. The first-order chi connectivity index (χ1) is 8.10. The zero-order valence-electron chi connectivity index (χ0n) is 14.1. The van der Waals surface area contributed by atoms with Crippen molar-refractivity contribution >= 4 is 0 Å². The molecule has 108 valence electrons. The molecule has 0 aromatic carbocycles. The molecule has 2 atom stereocenters. The quantitative estimate of drug-likeness (QED) is 0.562. The van der Waals surface area contributed by atoms with Crippen LogP contribution in [-0.4, -0.2) is 0 Å². The van der Waals surface area contributed by atoms with Gasteiger partial charge in [-0.15, -0.1) is 0 Å². The van der Waals surface area contributed by atoms with E-state index in [2.05, 4.69) is 55.4 Å². The number of rotatable bonds is 4. The molecule has 0 heteroatoms. The fraction of sp³-hybridized carbons (Fsp3) is 1.00. The van der Waals surface area contributed by atoms with Crippen molar-refractivity contribution in [1.29, 1.82) is 0 Å². The summed E-state index contributed by atoms with van der Waals surface area (Å²) in [5.41, 5.74) is 1.01. The van der Waals surface area contributed by atoms with Crippen molar-refractivity contribution in [2.75, 3.05) is 0 Å². The maximum absolute atomic E-state index is 2.49. The molecular formula is C18H36. The predicted octanol–water partition coefficient (Wildman–Crippen LogP) is 6.16. The molecule has 0 spiro atoms. The van der Waals surface area contributed by atoms with E-state index >= 15 is 0 Å². The first-order valence-corrected chi connectivity index (χ1v) is 8.10. The summed E-state index contributed by atoms with van der Waals surface area (Å²) < 4.78 is 0. The van der Waals surface area contributed by atoms with Gasteiger partial charge in [0.15, 0.2) is 0 Å². The van der Waals surface area contributed by atoms with Crippen molar-refractivity contribution in [3.63, 3.8) is 0 Å². The van der Waals surface area contributed by atoms with Gasteiger partial charge in [-0.1, -0.05) is 61.8 Å². The van der Waals surface area contributed by atoms with Crippen molar-refractivity contribution < 1.29 is 0 Å². The highest BCUT2D eigenvalue weighted by molar-refractivity contribution is 4.91. The van der Waals surface area contributed by atoms with Crippen LogP contribution in [0.4, 0.5) is 0 Å². The summed E-state index contributed by atoms with van der Waals surface area (Å²) in [6, 6.07) is 0. The van der Waals surface area contributed by atoms with Crippen LogP contribution in [0.2, 0.25) is 0 Å². The summed E-state index contributed by atoms with van der Waals surface area (Å²) in [6.45, 7) is 19.6. The van der Waals surface area contributed by atoms with Gasteiger partial charge in [-0.2, -0.15) is 0 Å². The molecule has 0 amide bonds. The highest BCUT2D eigenvalue weighted by atomic mass is 14.5. The molecule has 0 aliphatic heterocycles. The van der Waals surface area contributed by atoms with E-state index in [1.165, 1.54) is 25.7 Å². The van der Waals surface area contributed by atoms with Crippen LogP contribution in [0.25, 0.3) is 0 Å². The van der Waals surface area contributed by atoms with Gasteiger partial charge in [0, 0.05) is 0 Å². The van der Waals surface area contributed by atoms with Gasteiger partial charge in [-0.05, 0) is 53.8 Å². The van der Waals surface area contributed by atoms with Gasteiger partial charge in [0.1, 0.15) is 0 Å². The van der Waals surface area contributed by atoms with Crippen LogP contribution in [0.1, 0.15) is 81.1 Å². The first-order valence-electron chi connectivity index (χ1n) is 8.10. The minimum atomic E-state index is 0.506. The minimum absolute atomic E-state index is 0.506. The van der Waals surface area contributed by atoms with E-state index in [-0.39, 0.29) is 0 Å². The van der Waals surface area contributed by atoms with Gasteiger partial charge in [0.2, 0.25) is 0 Å². The van der Waals surface area contributed by atoms with Crippen LogP contribution < -0.4 is 0 Å². The van der Waals surface area contributed by atoms with E-state index in [1.54, 1.807) is 0 Å². The second-order valence-corrected chi connectivity index (χ2v) is 8.51. The molecule has 1 aliphatic rings. The topological polar surface area (TPSA) is 0 Å². The summed E-state index contributed by atoms with van der Waals surface area (Å²) in [7, 11) is 0. The number of hydrogen-bond acceptors (Lipinski definition) is 0. The van der Waals surface area contributed by atoms with Crippen LogP contribution in [-0.2, 0) is 0 Å². The first kappa shape index (κ1) is 16.1. The molecule has 1 fully saturated rings. The van der Waals surface area contributed by atoms with E-state index in [0.717, 1.165) is 23.7 Å². The third-order valence-electron chi connectivity index (χ3n) is 6.75. The Morgan fingerprint density at radius 1 is 0.722 bits per heavy atom. The zero-order chi connectivity index (χ0) is 14.1. The maximum atomic E-state index is 2.49. The molecule has 18 heavy (non-hydrogen) atoms. The van der Waals surface area contributed by atoms with E-state index in [9.17, 15) is 0 Å². The monoisotopic (exact) mass is 252 g/mol. The molecule has 0 saturated heterocycles. The number of hydrogen-bond donors (Lipinski definition) is 0. The van der Waals surface area contributed by atoms with E-state index < -0.39 is 0 Å². The second kappa shape index (κ2) is 5.55. The summed E-state index contributed by atoms with van der Waals surface area (Å²) in [6.07, 6.45) is 5.81. The van der Waals surface area contributed by atoms with Crippen LogP contribution in [0.15, 0.2) is 0 Å². The third-order valence-corrected chi connectivity index (χ3v) is 6.75. The van der Waals surface area contributed by atoms with Crippen LogP contribution in [0.5, 0.6) is 0 Å². The molecule has 0 aromatic rings. The van der Waals surface area contributed by atoms with Gasteiger partial charge < -0.3 is 0 Å². The summed E-state index contributed by atoms with van der Waals surface area (Å²) in [4.78, 5) is 0.